The van der Waals surface area contributed by atoms with Crippen molar-refractivity contribution >= 4 is 28.4 Å². The van der Waals surface area contributed by atoms with Gasteiger partial charge in [0.2, 0.25) is 5.91 Å². The van der Waals surface area contributed by atoms with Crippen molar-refractivity contribution < 1.29 is 4.79 Å². The Labute approximate surface area is 132 Å². The maximum atomic E-state index is 12.2. The molecule has 0 unspecified atom stereocenters. The van der Waals surface area contributed by atoms with Crippen LogP contribution in [0.5, 0.6) is 0 Å². The van der Waals surface area contributed by atoms with Crippen LogP contribution in [-0.4, -0.2) is 25.7 Å². The number of carbonyl (C=O) groups excluding carboxylic acids is 1. The highest BCUT2D eigenvalue weighted by Gasteiger charge is 2.15. The Bertz CT molecular complexity index is 822. The minimum Gasteiger partial charge on any atom is -0.361 e. The van der Waals surface area contributed by atoms with E-state index >= 15 is 0 Å². The van der Waals surface area contributed by atoms with Crippen LogP contribution in [0.4, 0.5) is 0 Å². The zero-order chi connectivity index (χ0) is 15.7. The molecule has 2 aromatic heterocycles. The number of nitrogens with zero attached hydrogens (tertiary/aromatic N) is 3. The molecular weight excluding hydrogens is 302 g/mol. The number of halogens is 1. The van der Waals surface area contributed by atoms with Gasteiger partial charge in [0.05, 0.1) is 12.5 Å². The molecule has 0 aliphatic heterocycles. The average Bonchev–Trinajstić information content (AvgIpc) is 3.05. The topological polar surface area (TPSA) is 75.6 Å². The van der Waals surface area contributed by atoms with Crippen LogP contribution in [0.2, 0.25) is 5.02 Å². The van der Waals surface area contributed by atoms with Crippen LogP contribution < -0.4 is 5.32 Å². The van der Waals surface area contributed by atoms with Gasteiger partial charge in [0, 0.05) is 29.2 Å². The van der Waals surface area contributed by atoms with Crippen molar-refractivity contribution in [1.82, 2.24) is 25.1 Å². The van der Waals surface area contributed by atoms with Gasteiger partial charge in [-0.3, -0.25) is 4.79 Å². The maximum Gasteiger partial charge on any atom is 0.225 e. The predicted octanol–water partition coefficient (Wildman–Crippen LogP) is 2.37. The van der Waals surface area contributed by atoms with Crippen LogP contribution in [0.15, 0.2) is 30.7 Å². The fourth-order valence-electron chi connectivity index (χ4n) is 2.52. The van der Waals surface area contributed by atoms with Gasteiger partial charge in [-0.1, -0.05) is 17.7 Å². The number of aromatic nitrogens is 4. The van der Waals surface area contributed by atoms with E-state index in [9.17, 15) is 4.79 Å². The lowest BCUT2D eigenvalue weighted by Crippen LogP contribution is -2.29. The van der Waals surface area contributed by atoms with Gasteiger partial charge in [0.1, 0.15) is 6.33 Å². The number of hydrogen-bond acceptors (Lipinski definition) is 3. The molecule has 0 spiro atoms. The van der Waals surface area contributed by atoms with E-state index in [1.54, 1.807) is 10.9 Å². The molecule has 3 aromatic rings. The van der Waals surface area contributed by atoms with E-state index in [4.69, 9.17) is 11.6 Å². The lowest BCUT2D eigenvalue weighted by Gasteiger charge is -2.12. The molecule has 6 nitrogen and oxygen atoms in total. The number of carbonyl (C=O) groups is 1. The Morgan fingerprint density at radius 1 is 1.50 bits per heavy atom. The third kappa shape index (κ3) is 2.82. The van der Waals surface area contributed by atoms with Crippen LogP contribution in [0.1, 0.15) is 24.4 Å². The Morgan fingerprint density at radius 2 is 2.32 bits per heavy atom. The molecule has 0 aliphatic carbocycles. The van der Waals surface area contributed by atoms with Crippen molar-refractivity contribution in [3.63, 3.8) is 0 Å². The quantitative estimate of drug-likeness (QED) is 0.775. The Morgan fingerprint density at radius 3 is 3.05 bits per heavy atom. The highest BCUT2D eigenvalue weighted by atomic mass is 35.5. The first-order chi connectivity index (χ1) is 10.5. The number of aryl methyl sites for hydroxylation is 1. The van der Waals surface area contributed by atoms with Crippen molar-refractivity contribution in [3.05, 3.63) is 47.1 Å². The summed E-state index contributed by atoms with van der Waals surface area (Å²) in [7, 11) is 1.85. The number of aromatic amines is 1. The van der Waals surface area contributed by atoms with E-state index in [-0.39, 0.29) is 11.9 Å². The number of fused-ring (bicyclic) bond motifs is 1. The SMILES string of the molecule is C[C@@H](NC(=O)Cc1c[nH]c2cc(Cl)ccc12)c1nncn1C. The number of benzene rings is 1. The van der Waals surface area contributed by atoms with Gasteiger partial charge < -0.3 is 14.9 Å². The monoisotopic (exact) mass is 317 g/mol. The van der Waals surface area contributed by atoms with Crippen molar-refractivity contribution in [3.8, 4) is 0 Å². The van der Waals surface area contributed by atoms with E-state index in [0.717, 1.165) is 22.3 Å². The van der Waals surface area contributed by atoms with E-state index in [0.29, 0.717) is 11.4 Å². The van der Waals surface area contributed by atoms with Crippen LogP contribution in [-0.2, 0) is 18.3 Å². The fraction of sp³-hybridized carbons (Fsp3) is 0.267. The summed E-state index contributed by atoms with van der Waals surface area (Å²) in [4.78, 5) is 15.4. The lowest BCUT2D eigenvalue weighted by atomic mass is 10.1. The standard InChI is InChI=1S/C15H16ClN5O/c1-9(15-20-18-8-21(15)2)19-14(22)5-10-7-17-13-6-11(16)3-4-12(10)13/h3-4,6-9,17H,5H2,1-2H3,(H,19,22)/t9-/m1/s1. The molecule has 2 N–H and O–H groups in total. The van der Waals surface area contributed by atoms with Gasteiger partial charge in [-0.25, -0.2) is 0 Å². The summed E-state index contributed by atoms with van der Waals surface area (Å²) in [5, 5.41) is 12.4. The molecule has 2 heterocycles. The minimum absolute atomic E-state index is 0.0636. The van der Waals surface area contributed by atoms with E-state index in [2.05, 4.69) is 20.5 Å². The predicted molar refractivity (Wildman–Crippen MR) is 84.6 cm³/mol. The minimum atomic E-state index is -0.195. The van der Waals surface area contributed by atoms with Crippen LogP contribution in [0.25, 0.3) is 10.9 Å². The highest BCUT2D eigenvalue weighted by molar-refractivity contribution is 6.31. The van der Waals surface area contributed by atoms with Gasteiger partial charge in [-0.05, 0) is 24.6 Å². The number of amides is 1. The van der Waals surface area contributed by atoms with Crippen LogP contribution in [0, 0.1) is 0 Å². The summed E-state index contributed by atoms with van der Waals surface area (Å²) in [6.45, 7) is 1.89. The molecule has 0 radical (unpaired) electrons. The normalized spacial score (nSPS) is 12.5. The van der Waals surface area contributed by atoms with Crippen molar-refractivity contribution in [2.24, 2.45) is 7.05 Å². The molecule has 0 fully saturated rings. The smallest absolute Gasteiger partial charge is 0.225 e. The largest absolute Gasteiger partial charge is 0.361 e. The molecule has 7 heteroatoms. The summed E-state index contributed by atoms with van der Waals surface area (Å²) in [6, 6.07) is 5.39. The van der Waals surface area contributed by atoms with E-state index in [1.807, 2.05) is 38.4 Å². The second-order valence-electron chi connectivity index (χ2n) is 5.27. The van der Waals surface area contributed by atoms with E-state index in [1.165, 1.54) is 0 Å². The summed E-state index contributed by atoms with van der Waals surface area (Å²) in [6.07, 6.45) is 3.75. The van der Waals surface area contributed by atoms with Gasteiger partial charge >= 0.3 is 0 Å². The molecule has 1 aromatic carbocycles. The number of hydrogen-bond donors (Lipinski definition) is 2. The van der Waals surface area contributed by atoms with Crippen LogP contribution in [0.3, 0.4) is 0 Å². The number of rotatable bonds is 4. The summed E-state index contributed by atoms with van der Waals surface area (Å²) < 4.78 is 1.79. The van der Waals surface area contributed by atoms with Crippen molar-refractivity contribution in [1.29, 1.82) is 0 Å². The summed E-state index contributed by atoms with van der Waals surface area (Å²) >= 11 is 5.96. The number of H-pyrrole nitrogens is 1. The third-order valence-corrected chi connectivity index (χ3v) is 3.83. The molecular formula is C15H16ClN5O. The number of nitrogens with one attached hydrogen (secondary N) is 2. The van der Waals surface area contributed by atoms with Gasteiger partial charge in [0.15, 0.2) is 5.82 Å². The Balaban J connectivity index is 1.72. The second-order valence-corrected chi connectivity index (χ2v) is 5.71. The van der Waals surface area contributed by atoms with Gasteiger partial charge in [-0.15, -0.1) is 10.2 Å². The first-order valence-corrected chi connectivity index (χ1v) is 7.31. The molecule has 114 valence electrons. The lowest BCUT2D eigenvalue weighted by molar-refractivity contribution is -0.121. The highest BCUT2D eigenvalue weighted by Crippen LogP contribution is 2.22. The van der Waals surface area contributed by atoms with Gasteiger partial charge in [0.25, 0.3) is 0 Å². The molecule has 22 heavy (non-hydrogen) atoms. The molecule has 0 saturated heterocycles. The summed E-state index contributed by atoms with van der Waals surface area (Å²) in [5.74, 6) is 0.658. The first-order valence-electron chi connectivity index (χ1n) is 6.93. The van der Waals surface area contributed by atoms with Crippen molar-refractivity contribution in [2.45, 2.75) is 19.4 Å². The molecule has 3 rings (SSSR count). The summed E-state index contributed by atoms with van der Waals surface area (Å²) in [5.41, 5.74) is 1.87. The van der Waals surface area contributed by atoms with Crippen LogP contribution >= 0.6 is 11.6 Å². The average molecular weight is 318 g/mol. The Hall–Kier alpha value is -2.34. The molecule has 1 amide bonds. The third-order valence-electron chi connectivity index (χ3n) is 3.59. The zero-order valence-electron chi connectivity index (χ0n) is 12.3. The second kappa shape index (κ2) is 5.81. The fourth-order valence-corrected chi connectivity index (χ4v) is 2.69. The molecule has 1 atom stereocenters. The Kier molecular flexibility index (Phi) is 3.85. The molecule has 0 aliphatic rings. The maximum absolute atomic E-state index is 12.2. The zero-order valence-corrected chi connectivity index (χ0v) is 13.1. The first kappa shape index (κ1) is 14.6. The van der Waals surface area contributed by atoms with E-state index < -0.39 is 0 Å². The molecule has 0 bridgehead atoms. The van der Waals surface area contributed by atoms with Crippen molar-refractivity contribution in [2.75, 3.05) is 0 Å². The van der Waals surface area contributed by atoms with Gasteiger partial charge in [-0.2, -0.15) is 0 Å². The molecule has 0 saturated carbocycles.